The highest BCUT2D eigenvalue weighted by Gasteiger charge is 2.22. The smallest absolute Gasteiger partial charge is 0.270 e. The van der Waals surface area contributed by atoms with Crippen molar-refractivity contribution in [2.24, 2.45) is 0 Å². The van der Waals surface area contributed by atoms with Gasteiger partial charge in [-0.25, -0.2) is 13.8 Å². The summed E-state index contributed by atoms with van der Waals surface area (Å²) < 4.78 is 35.2. The van der Waals surface area contributed by atoms with E-state index >= 15 is 0 Å². The molecule has 0 spiro atoms. The monoisotopic (exact) mass is 441 g/mol. The summed E-state index contributed by atoms with van der Waals surface area (Å²) in [5.41, 5.74) is 1.13. The Kier molecular flexibility index (Phi) is 7.44. The molecule has 0 fully saturated rings. The van der Waals surface area contributed by atoms with Gasteiger partial charge in [-0.3, -0.25) is 9.20 Å². The molecule has 6 nitrogen and oxygen atoms in total. The molecule has 2 heterocycles. The number of fused-ring (bicyclic) bond motifs is 1. The van der Waals surface area contributed by atoms with Gasteiger partial charge in [0.05, 0.1) is 23.9 Å². The first-order valence-electron chi connectivity index (χ1n) is 10.4. The minimum atomic E-state index is -0.726. The number of halogens is 2. The Bertz CT molecular complexity index is 1150. The summed E-state index contributed by atoms with van der Waals surface area (Å²) in [7, 11) is 0. The lowest BCUT2D eigenvalue weighted by Crippen LogP contribution is -2.38. The number of pyridine rings is 1. The van der Waals surface area contributed by atoms with Crippen molar-refractivity contribution in [2.75, 3.05) is 6.61 Å². The van der Waals surface area contributed by atoms with E-state index in [1.807, 2.05) is 6.92 Å². The maximum absolute atomic E-state index is 14.0. The van der Waals surface area contributed by atoms with Crippen LogP contribution in [0.3, 0.4) is 0 Å². The molecule has 0 saturated heterocycles. The lowest BCUT2D eigenvalue weighted by atomic mass is 10.1. The zero-order chi connectivity index (χ0) is 23.3. The molecule has 0 radical (unpaired) electrons. The van der Waals surface area contributed by atoms with Crippen molar-refractivity contribution >= 4 is 11.6 Å². The van der Waals surface area contributed by atoms with Crippen LogP contribution in [0.15, 0.2) is 30.5 Å². The standard InChI is InChI=1S/C24H25F2N3O3/c1-4-6-8-17(13-30)28-24(31)22-15(3)27-23-21(11-16(5-2)12-29(22)23)32-14-18-19(25)9-7-10-20(18)26/h2,7,9-12,17,30H,4,6,8,13-14H2,1,3H3,(H,28,31). The van der Waals surface area contributed by atoms with Gasteiger partial charge in [-0.1, -0.05) is 31.8 Å². The molecule has 32 heavy (non-hydrogen) atoms. The van der Waals surface area contributed by atoms with Crippen molar-refractivity contribution in [2.45, 2.75) is 45.8 Å². The van der Waals surface area contributed by atoms with E-state index in [9.17, 15) is 18.7 Å². The van der Waals surface area contributed by atoms with Gasteiger partial charge in [0.1, 0.15) is 23.9 Å². The highest BCUT2D eigenvalue weighted by Crippen LogP contribution is 2.26. The van der Waals surface area contributed by atoms with Crippen LogP contribution in [0, 0.1) is 30.9 Å². The summed E-state index contributed by atoms with van der Waals surface area (Å²) in [5.74, 6) is 0.813. The van der Waals surface area contributed by atoms with Gasteiger partial charge in [0.15, 0.2) is 11.4 Å². The van der Waals surface area contributed by atoms with Gasteiger partial charge >= 0.3 is 0 Å². The number of hydrogen-bond acceptors (Lipinski definition) is 4. The molecule has 1 unspecified atom stereocenters. The average molecular weight is 441 g/mol. The van der Waals surface area contributed by atoms with Gasteiger partial charge < -0.3 is 15.2 Å². The molecule has 8 heteroatoms. The number of carbonyl (C=O) groups excluding carboxylic acids is 1. The number of carbonyl (C=O) groups is 1. The van der Waals surface area contributed by atoms with E-state index in [1.165, 1.54) is 16.5 Å². The van der Waals surface area contributed by atoms with E-state index in [2.05, 4.69) is 16.2 Å². The highest BCUT2D eigenvalue weighted by atomic mass is 19.1. The van der Waals surface area contributed by atoms with E-state index < -0.39 is 17.5 Å². The van der Waals surface area contributed by atoms with Gasteiger partial charge in [-0.2, -0.15) is 0 Å². The second kappa shape index (κ2) is 10.2. The minimum Gasteiger partial charge on any atom is -0.485 e. The van der Waals surface area contributed by atoms with Crippen LogP contribution in [0.25, 0.3) is 5.65 Å². The van der Waals surface area contributed by atoms with Gasteiger partial charge in [-0.15, -0.1) is 6.42 Å². The first-order chi connectivity index (χ1) is 15.4. The molecule has 3 aromatic rings. The number of nitrogens with one attached hydrogen (secondary N) is 1. The van der Waals surface area contributed by atoms with Gasteiger partial charge in [0, 0.05) is 17.8 Å². The Labute approximate surface area is 185 Å². The van der Waals surface area contributed by atoms with Crippen LogP contribution >= 0.6 is 0 Å². The number of aliphatic hydroxyl groups excluding tert-OH is 1. The molecule has 0 bridgehead atoms. The third-order valence-electron chi connectivity index (χ3n) is 5.14. The number of amides is 1. The molecule has 3 rings (SSSR count). The van der Waals surface area contributed by atoms with Crippen LogP contribution in [-0.2, 0) is 6.61 Å². The lowest BCUT2D eigenvalue weighted by Gasteiger charge is -2.16. The van der Waals surface area contributed by atoms with Crippen molar-refractivity contribution in [1.29, 1.82) is 0 Å². The van der Waals surface area contributed by atoms with Crippen molar-refractivity contribution < 1.29 is 23.4 Å². The number of terminal acetylenes is 1. The highest BCUT2D eigenvalue weighted by molar-refractivity contribution is 5.95. The van der Waals surface area contributed by atoms with E-state index in [0.717, 1.165) is 25.0 Å². The van der Waals surface area contributed by atoms with E-state index in [0.29, 0.717) is 17.7 Å². The molecule has 168 valence electrons. The maximum atomic E-state index is 14.0. The van der Waals surface area contributed by atoms with E-state index in [1.54, 1.807) is 13.1 Å². The summed E-state index contributed by atoms with van der Waals surface area (Å²) in [6.45, 7) is 3.14. The quantitative estimate of drug-likeness (QED) is 0.496. The molecule has 0 aliphatic heterocycles. The van der Waals surface area contributed by atoms with Gasteiger partial charge in [0.25, 0.3) is 5.91 Å². The van der Waals surface area contributed by atoms with Crippen molar-refractivity contribution in [3.05, 3.63) is 64.6 Å². The van der Waals surface area contributed by atoms with E-state index in [4.69, 9.17) is 11.2 Å². The Morgan fingerprint density at radius 3 is 2.72 bits per heavy atom. The zero-order valence-electron chi connectivity index (χ0n) is 18.0. The number of hydrogen-bond donors (Lipinski definition) is 2. The van der Waals surface area contributed by atoms with Gasteiger partial charge in [0.2, 0.25) is 0 Å². The minimum absolute atomic E-state index is 0.181. The van der Waals surface area contributed by atoms with Crippen LogP contribution < -0.4 is 10.1 Å². The summed E-state index contributed by atoms with van der Waals surface area (Å²) in [6.07, 6.45) is 9.58. The fourth-order valence-electron chi connectivity index (χ4n) is 3.42. The Hall–Kier alpha value is -3.44. The van der Waals surface area contributed by atoms with Crippen LogP contribution in [0.1, 0.15) is 53.5 Å². The molecular weight excluding hydrogens is 416 g/mol. The molecule has 0 saturated carbocycles. The largest absolute Gasteiger partial charge is 0.485 e. The molecule has 1 amide bonds. The van der Waals surface area contributed by atoms with Crippen LogP contribution in [0.5, 0.6) is 5.75 Å². The fraction of sp³-hybridized carbons (Fsp3) is 0.333. The first-order valence-corrected chi connectivity index (χ1v) is 10.4. The number of unbranched alkanes of at least 4 members (excludes halogenated alkanes) is 1. The number of nitrogens with zero attached hydrogens (tertiary/aromatic N) is 2. The fourth-order valence-corrected chi connectivity index (χ4v) is 3.42. The first kappa shape index (κ1) is 23.2. The third kappa shape index (κ3) is 4.89. The lowest BCUT2D eigenvalue weighted by molar-refractivity contribution is 0.0905. The molecule has 0 aliphatic carbocycles. The molecular formula is C24H25F2N3O3. The van der Waals surface area contributed by atoms with Crippen LogP contribution in [0.2, 0.25) is 0 Å². The number of imidazole rings is 1. The summed E-state index contributed by atoms with van der Waals surface area (Å²) >= 11 is 0. The normalized spacial score (nSPS) is 11.9. The summed E-state index contributed by atoms with van der Waals surface area (Å²) in [5, 5.41) is 12.4. The number of ether oxygens (including phenoxy) is 1. The Morgan fingerprint density at radius 2 is 2.09 bits per heavy atom. The second-order valence-corrected chi connectivity index (χ2v) is 7.46. The molecule has 2 N–H and O–H groups in total. The van der Waals surface area contributed by atoms with Gasteiger partial charge in [-0.05, 0) is 25.5 Å². The maximum Gasteiger partial charge on any atom is 0.270 e. The molecule has 2 aromatic heterocycles. The second-order valence-electron chi connectivity index (χ2n) is 7.46. The van der Waals surface area contributed by atoms with Crippen LogP contribution in [-0.4, -0.2) is 33.0 Å². The van der Waals surface area contributed by atoms with Crippen molar-refractivity contribution in [3.63, 3.8) is 0 Å². The van der Waals surface area contributed by atoms with E-state index in [-0.39, 0.29) is 41.9 Å². The summed E-state index contributed by atoms with van der Waals surface area (Å²) in [6, 6.07) is 4.71. The number of benzene rings is 1. The average Bonchev–Trinajstić information content (AvgIpc) is 3.11. The Morgan fingerprint density at radius 1 is 1.38 bits per heavy atom. The molecule has 1 aromatic carbocycles. The number of aryl methyl sites for hydroxylation is 1. The third-order valence-corrected chi connectivity index (χ3v) is 5.14. The SMILES string of the molecule is C#Cc1cc(OCc2c(F)cccc2F)c2nc(C)c(C(=O)NC(CO)CCCC)n2c1. The number of aliphatic hydroxyl groups is 1. The van der Waals surface area contributed by atoms with Crippen molar-refractivity contribution in [1.82, 2.24) is 14.7 Å². The van der Waals surface area contributed by atoms with Crippen molar-refractivity contribution in [3.8, 4) is 18.1 Å². The zero-order valence-corrected chi connectivity index (χ0v) is 18.0. The number of rotatable bonds is 9. The van der Waals surface area contributed by atoms with Crippen LogP contribution in [0.4, 0.5) is 8.78 Å². The molecule has 1 atom stereocenters. The number of aromatic nitrogens is 2. The molecule has 0 aliphatic rings. The topological polar surface area (TPSA) is 75.9 Å². The Balaban J connectivity index is 1.96. The predicted octanol–water partition coefficient (Wildman–Crippen LogP) is 3.76. The predicted molar refractivity (Wildman–Crippen MR) is 116 cm³/mol. The summed E-state index contributed by atoms with van der Waals surface area (Å²) in [4.78, 5) is 17.4.